The summed E-state index contributed by atoms with van der Waals surface area (Å²) in [5.74, 6) is -1.60. The average molecular weight is 450 g/mol. The van der Waals surface area contributed by atoms with Crippen LogP contribution in [0.25, 0.3) is 0 Å². The molecule has 2 fully saturated rings. The Balaban J connectivity index is 1.68. The number of nitrogens with zero attached hydrogens (tertiary/aromatic N) is 1. The van der Waals surface area contributed by atoms with Crippen molar-refractivity contribution < 1.29 is 33.6 Å². The quantitative estimate of drug-likeness (QED) is 0.495. The van der Waals surface area contributed by atoms with Gasteiger partial charge in [0, 0.05) is 25.8 Å². The Kier molecular flexibility index (Phi) is 8.87. The molecule has 0 bridgehead atoms. The molecule has 1 aromatic heterocycles. The van der Waals surface area contributed by atoms with Crippen LogP contribution in [0.2, 0.25) is 0 Å². The van der Waals surface area contributed by atoms with E-state index in [4.69, 9.17) is 18.9 Å². The summed E-state index contributed by atoms with van der Waals surface area (Å²) >= 11 is 0. The Morgan fingerprint density at radius 1 is 1.16 bits per heavy atom. The molecule has 2 heterocycles. The molecule has 178 valence electrons. The number of aromatic nitrogens is 1. The number of rotatable bonds is 7. The lowest BCUT2D eigenvalue weighted by Gasteiger charge is -2.34. The monoisotopic (exact) mass is 449 g/mol. The van der Waals surface area contributed by atoms with E-state index >= 15 is 0 Å². The van der Waals surface area contributed by atoms with Crippen molar-refractivity contribution in [1.29, 1.82) is 0 Å². The molecule has 1 aromatic rings. The van der Waals surface area contributed by atoms with Crippen molar-refractivity contribution in [3.63, 3.8) is 0 Å². The number of hydrogen-bond acceptors (Lipinski definition) is 8. The number of esters is 1. The molecule has 1 saturated carbocycles. The summed E-state index contributed by atoms with van der Waals surface area (Å²) in [6, 6.07) is 1.47. The number of aromatic hydroxyl groups is 1. The Morgan fingerprint density at radius 2 is 1.84 bits per heavy atom. The molecule has 4 atom stereocenters. The lowest BCUT2D eigenvalue weighted by molar-refractivity contribution is -0.173. The SMILES string of the molecule is COc1ccnc(C(=O)C[C@H]2CCCC[C@H](OC3CCCC3)[C@@H](OC)[C@H](C)OC2=O)c1O. The highest BCUT2D eigenvalue weighted by Gasteiger charge is 2.36. The number of hydrogen-bond donors (Lipinski definition) is 1. The average Bonchev–Trinajstić information content (AvgIpc) is 3.28. The zero-order chi connectivity index (χ0) is 23.1. The van der Waals surface area contributed by atoms with Crippen LogP contribution in [0.1, 0.15) is 75.2 Å². The first-order valence-corrected chi connectivity index (χ1v) is 11.6. The van der Waals surface area contributed by atoms with E-state index in [1.165, 1.54) is 32.2 Å². The number of carbonyl (C=O) groups excluding carboxylic acids is 2. The fraction of sp³-hybridized carbons (Fsp3) is 0.708. The summed E-state index contributed by atoms with van der Waals surface area (Å²) in [4.78, 5) is 29.8. The van der Waals surface area contributed by atoms with Crippen molar-refractivity contribution in [2.75, 3.05) is 14.2 Å². The second kappa shape index (κ2) is 11.6. The molecule has 2 aliphatic rings. The van der Waals surface area contributed by atoms with Crippen molar-refractivity contribution in [2.45, 2.75) is 89.1 Å². The number of pyridine rings is 1. The fourth-order valence-electron chi connectivity index (χ4n) is 4.74. The van der Waals surface area contributed by atoms with Gasteiger partial charge >= 0.3 is 5.97 Å². The maximum absolute atomic E-state index is 13.0. The molecule has 0 amide bonds. The third-order valence-corrected chi connectivity index (χ3v) is 6.50. The summed E-state index contributed by atoms with van der Waals surface area (Å²) in [5.41, 5.74) is -0.0953. The molecule has 0 unspecified atom stereocenters. The molecule has 1 saturated heterocycles. The highest BCUT2D eigenvalue weighted by atomic mass is 16.6. The lowest BCUT2D eigenvalue weighted by Crippen LogP contribution is -2.44. The minimum Gasteiger partial charge on any atom is -0.503 e. The van der Waals surface area contributed by atoms with E-state index in [0.29, 0.717) is 6.42 Å². The predicted molar refractivity (Wildman–Crippen MR) is 117 cm³/mol. The summed E-state index contributed by atoms with van der Waals surface area (Å²) in [6.45, 7) is 1.81. The van der Waals surface area contributed by atoms with E-state index < -0.39 is 23.8 Å². The van der Waals surface area contributed by atoms with Crippen molar-refractivity contribution in [1.82, 2.24) is 4.98 Å². The van der Waals surface area contributed by atoms with Crippen LogP contribution < -0.4 is 4.74 Å². The van der Waals surface area contributed by atoms with E-state index in [1.807, 2.05) is 6.92 Å². The van der Waals surface area contributed by atoms with E-state index in [0.717, 1.165) is 32.1 Å². The maximum atomic E-state index is 13.0. The van der Waals surface area contributed by atoms with Crippen molar-refractivity contribution >= 4 is 11.8 Å². The molecule has 1 aliphatic carbocycles. The summed E-state index contributed by atoms with van der Waals surface area (Å²) in [7, 11) is 3.02. The summed E-state index contributed by atoms with van der Waals surface area (Å²) < 4.78 is 22.9. The van der Waals surface area contributed by atoms with Gasteiger partial charge in [-0.05, 0) is 32.6 Å². The summed E-state index contributed by atoms with van der Waals surface area (Å²) in [6.07, 6.45) is 8.05. The van der Waals surface area contributed by atoms with Crippen LogP contribution in [0.4, 0.5) is 0 Å². The van der Waals surface area contributed by atoms with Crippen LogP contribution in [0.15, 0.2) is 12.3 Å². The van der Waals surface area contributed by atoms with Crippen molar-refractivity contribution in [2.24, 2.45) is 5.92 Å². The van der Waals surface area contributed by atoms with Gasteiger partial charge in [-0.3, -0.25) is 9.59 Å². The van der Waals surface area contributed by atoms with Gasteiger partial charge in [-0.15, -0.1) is 0 Å². The van der Waals surface area contributed by atoms with Gasteiger partial charge in [0.25, 0.3) is 0 Å². The Bertz CT molecular complexity index is 778. The molecular weight excluding hydrogens is 414 g/mol. The van der Waals surface area contributed by atoms with Crippen molar-refractivity contribution in [3.05, 3.63) is 18.0 Å². The minimum atomic E-state index is -0.609. The highest BCUT2D eigenvalue weighted by molar-refractivity contribution is 5.99. The molecule has 0 aromatic carbocycles. The molecule has 3 rings (SSSR count). The normalized spacial score (nSPS) is 27.7. The van der Waals surface area contributed by atoms with Crippen LogP contribution in [-0.2, 0) is 19.0 Å². The van der Waals surface area contributed by atoms with Gasteiger partial charge in [0.05, 0.1) is 25.2 Å². The van der Waals surface area contributed by atoms with Crippen LogP contribution in [-0.4, -0.2) is 60.5 Å². The van der Waals surface area contributed by atoms with E-state index in [2.05, 4.69) is 4.98 Å². The maximum Gasteiger partial charge on any atom is 0.309 e. The predicted octanol–water partition coefficient (Wildman–Crippen LogP) is 3.83. The van der Waals surface area contributed by atoms with Gasteiger partial charge in [0.1, 0.15) is 12.2 Å². The first-order valence-electron chi connectivity index (χ1n) is 11.6. The van der Waals surface area contributed by atoms with E-state index in [9.17, 15) is 14.7 Å². The third kappa shape index (κ3) is 5.98. The number of methoxy groups -OCH3 is 2. The zero-order valence-electron chi connectivity index (χ0n) is 19.2. The highest BCUT2D eigenvalue weighted by Crippen LogP contribution is 2.32. The molecule has 0 radical (unpaired) electrons. The molecule has 1 aliphatic heterocycles. The number of Topliss-reactive ketones (excluding diaryl/α,β-unsaturated/α-hetero) is 1. The Morgan fingerprint density at radius 3 is 2.53 bits per heavy atom. The van der Waals surface area contributed by atoms with Gasteiger partial charge in [0.15, 0.2) is 23.0 Å². The van der Waals surface area contributed by atoms with Gasteiger partial charge in [-0.2, -0.15) is 0 Å². The molecule has 8 heteroatoms. The molecule has 1 N–H and O–H groups in total. The van der Waals surface area contributed by atoms with Crippen LogP contribution in [0.3, 0.4) is 0 Å². The minimum absolute atomic E-state index is 0.0844. The molecule has 8 nitrogen and oxygen atoms in total. The second-order valence-corrected chi connectivity index (χ2v) is 8.74. The van der Waals surface area contributed by atoms with Crippen molar-refractivity contribution in [3.8, 4) is 11.5 Å². The fourth-order valence-corrected chi connectivity index (χ4v) is 4.74. The smallest absolute Gasteiger partial charge is 0.309 e. The lowest BCUT2D eigenvalue weighted by atomic mass is 9.92. The van der Waals surface area contributed by atoms with Crippen LogP contribution >= 0.6 is 0 Å². The number of carbonyl (C=O) groups is 2. The van der Waals surface area contributed by atoms with Gasteiger partial charge in [0.2, 0.25) is 0 Å². The number of ether oxygens (including phenoxy) is 4. The first kappa shape index (κ1) is 24.5. The molecule has 0 spiro atoms. The second-order valence-electron chi connectivity index (χ2n) is 8.74. The summed E-state index contributed by atoms with van der Waals surface area (Å²) in [5, 5.41) is 10.2. The van der Waals surface area contributed by atoms with Gasteiger partial charge < -0.3 is 24.1 Å². The van der Waals surface area contributed by atoms with Gasteiger partial charge in [-0.25, -0.2) is 4.98 Å². The standard InChI is InChI=1S/C24H35NO7/c1-15-23(30-3)20(32-17-9-5-6-10-17)11-7-4-8-16(24(28)31-15)14-18(26)21-22(27)19(29-2)12-13-25-21/h12-13,15-17,20,23,27H,4-11,14H2,1-3H3/t15-,16+,20-,23-/m0/s1. The van der Waals surface area contributed by atoms with Gasteiger partial charge in [-0.1, -0.05) is 25.7 Å². The number of ketones is 1. The van der Waals surface area contributed by atoms with E-state index in [-0.39, 0.29) is 41.9 Å². The first-order chi connectivity index (χ1) is 15.4. The van der Waals surface area contributed by atoms with E-state index in [1.54, 1.807) is 7.11 Å². The third-order valence-electron chi connectivity index (χ3n) is 6.50. The molecular formula is C24H35NO7. The Hall–Kier alpha value is -2.19. The Labute approximate surface area is 189 Å². The van der Waals surface area contributed by atoms with Crippen LogP contribution in [0, 0.1) is 5.92 Å². The number of cyclic esters (lactones) is 1. The topological polar surface area (TPSA) is 104 Å². The van der Waals surface area contributed by atoms with Crippen LogP contribution in [0.5, 0.6) is 11.5 Å². The molecule has 32 heavy (non-hydrogen) atoms. The largest absolute Gasteiger partial charge is 0.503 e. The zero-order valence-corrected chi connectivity index (χ0v) is 19.2.